The molecule has 0 spiro atoms. The first-order chi connectivity index (χ1) is 21.0. The fraction of sp³-hybridized carbons (Fsp3) is 0.406. The lowest BCUT2D eigenvalue weighted by atomic mass is 9.91. The van der Waals surface area contributed by atoms with E-state index in [2.05, 4.69) is 15.0 Å². The number of halogens is 1. The van der Waals surface area contributed by atoms with Gasteiger partial charge in [-0.2, -0.15) is 14.6 Å². The molecule has 11 heteroatoms. The van der Waals surface area contributed by atoms with Gasteiger partial charge >= 0.3 is 6.01 Å². The van der Waals surface area contributed by atoms with Gasteiger partial charge < -0.3 is 9.47 Å². The van der Waals surface area contributed by atoms with Crippen LogP contribution in [-0.4, -0.2) is 69.0 Å². The quantitative estimate of drug-likeness (QED) is 0.206. The first-order valence-electron chi connectivity index (χ1n) is 14.6. The van der Waals surface area contributed by atoms with E-state index in [1.54, 1.807) is 30.6 Å². The van der Waals surface area contributed by atoms with Gasteiger partial charge in [0.25, 0.3) is 0 Å². The molecule has 0 radical (unpaired) electrons. The second-order valence-corrected chi connectivity index (χ2v) is 11.2. The topological polar surface area (TPSA) is 104 Å². The van der Waals surface area contributed by atoms with E-state index >= 15 is 0 Å². The molecule has 224 valence electrons. The van der Waals surface area contributed by atoms with Gasteiger partial charge in [0, 0.05) is 63.1 Å². The Hall–Kier alpha value is -4.06. The number of benzene rings is 1. The number of ketones is 1. The van der Waals surface area contributed by atoms with Gasteiger partial charge in [0.2, 0.25) is 5.95 Å². The van der Waals surface area contributed by atoms with Crippen molar-refractivity contribution in [3.63, 3.8) is 0 Å². The third-order valence-electron chi connectivity index (χ3n) is 7.90. The monoisotopic (exact) mass is 586 g/mol. The number of methoxy groups -OCH3 is 1. The Labute approximate surface area is 249 Å². The summed E-state index contributed by atoms with van der Waals surface area (Å²) in [7, 11) is 1.63. The number of aromatic nitrogens is 5. The predicted octanol–water partition coefficient (Wildman–Crippen LogP) is 4.71. The van der Waals surface area contributed by atoms with Crippen LogP contribution < -0.4 is 4.74 Å². The number of Topliss-reactive ketones (excluding diaryl/α,β-unsaturated/α-hetero) is 1. The number of hydrogen-bond donors (Lipinski definition) is 0. The number of rotatable bonds is 13. The van der Waals surface area contributed by atoms with Gasteiger partial charge in [0.05, 0.1) is 30.3 Å². The maximum absolute atomic E-state index is 14.0. The second kappa shape index (κ2) is 13.1. The zero-order chi connectivity index (χ0) is 29.8. The van der Waals surface area contributed by atoms with Crippen LogP contribution in [0.25, 0.3) is 16.9 Å². The minimum Gasteiger partial charge on any atom is -0.463 e. The van der Waals surface area contributed by atoms with Gasteiger partial charge in [-0.05, 0) is 61.1 Å². The van der Waals surface area contributed by atoms with Gasteiger partial charge in [-0.15, -0.1) is 0 Å². The third kappa shape index (κ3) is 6.96. The summed E-state index contributed by atoms with van der Waals surface area (Å²) in [5.41, 5.74) is 4.64. The lowest BCUT2D eigenvalue weighted by Gasteiger charge is -2.17. The summed E-state index contributed by atoms with van der Waals surface area (Å²) in [5, 5.41) is 6.71. The van der Waals surface area contributed by atoms with Crippen molar-refractivity contribution in [1.82, 2.24) is 29.8 Å². The van der Waals surface area contributed by atoms with Crippen molar-refractivity contribution in [2.45, 2.75) is 38.7 Å². The molecule has 4 heterocycles. The highest BCUT2D eigenvalue weighted by Crippen LogP contribution is 2.37. The molecule has 1 aliphatic heterocycles. The molecule has 4 aromatic rings. The van der Waals surface area contributed by atoms with Crippen molar-refractivity contribution in [3.8, 4) is 23.0 Å². The van der Waals surface area contributed by atoms with Crippen LogP contribution >= 0.6 is 0 Å². The number of ether oxygens (including phenoxy) is 2. The number of carbonyl (C=O) groups excluding carboxylic acids is 1. The molecular formula is C32H35FN6O4. The average Bonchev–Trinajstić information content (AvgIpc) is 3.69. The minimum atomic E-state index is -0.581. The maximum atomic E-state index is 14.0. The molecule has 3 aromatic heterocycles. The third-order valence-corrected chi connectivity index (χ3v) is 7.90. The molecule has 10 nitrogen and oxygen atoms in total. The standard InChI is InChI=1S/C32H35FN6O4/c1-21-28(16-27(40)14-24-19-38(12-13-41-2)43-31(24)23-10-11-34-29(33)15-23)39(26-6-4-3-5-7-26)37-30(21)25-17-35-32(36-18-25)42-20-22-8-9-22/h3-7,10-11,15,17-18,22,24,31H,8-9,12-14,16,19-20H2,1-2H3/t24-,31+/m1/s1. The SMILES string of the molecule is COCCN1C[C@@H](CC(=O)Cc2c(C)c(-c3cnc(OCC4CC4)nc3)nn2-c2ccccc2)[C@H](c2ccnc(F)c2)O1. The highest BCUT2D eigenvalue weighted by molar-refractivity contribution is 5.82. The Balaban J connectivity index is 1.24. The number of para-hydroxylation sites is 1. The van der Waals surface area contributed by atoms with E-state index in [-0.39, 0.29) is 24.5 Å². The van der Waals surface area contributed by atoms with Crippen molar-refractivity contribution in [2.24, 2.45) is 11.8 Å². The summed E-state index contributed by atoms with van der Waals surface area (Å²) in [6.45, 7) is 4.16. The molecule has 2 fully saturated rings. The van der Waals surface area contributed by atoms with Crippen LogP contribution in [0, 0.1) is 24.7 Å². The van der Waals surface area contributed by atoms with E-state index in [1.807, 2.05) is 41.9 Å². The number of nitrogens with zero attached hydrogens (tertiary/aromatic N) is 6. The van der Waals surface area contributed by atoms with E-state index in [0.29, 0.717) is 49.5 Å². The summed E-state index contributed by atoms with van der Waals surface area (Å²) in [5.74, 6) is -0.107. The van der Waals surface area contributed by atoms with Crippen LogP contribution in [0.2, 0.25) is 0 Å². The average molecular weight is 587 g/mol. The van der Waals surface area contributed by atoms with Gasteiger partial charge in [0.15, 0.2) is 0 Å². The fourth-order valence-electron chi connectivity index (χ4n) is 5.42. The Morgan fingerprint density at radius 1 is 1.12 bits per heavy atom. The Morgan fingerprint density at radius 2 is 1.91 bits per heavy atom. The van der Waals surface area contributed by atoms with Gasteiger partial charge in [0.1, 0.15) is 11.9 Å². The molecule has 0 bridgehead atoms. The predicted molar refractivity (Wildman–Crippen MR) is 156 cm³/mol. The smallest absolute Gasteiger partial charge is 0.316 e. The molecule has 0 amide bonds. The number of pyridine rings is 1. The summed E-state index contributed by atoms with van der Waals surface area (Å²) in [6, 6.07) is 13.2. The second-order valence-electron chi connectivity index (χ2n) is 11.2. The first-order valence-corrected chi connectivity index (χ1v) is 14.6. The molecule has 2 atom stereocenters. The highest BCUT2D eigenvalue weighted by Gasteiger charge is 2.37. The lowest BCUT2D eigenvalue weighted by molar-refractivity contribution is -0.155. The molecule has 0 unspecified atom stereocenters. The van der Waals surface area contributed by atoms with Crippen LogP contribution in [0.5, 0.6) is 6.01 Å². The lowest BCUT2D eigenvalue weighted by Crippen LogP contribution is -2.24. The summed E-state index contributed by atoms with van der Waals surface area (Å²) in [6.07, 6.45) is 7.20. The number of hydrogen-bond acceptors (Lipinski definition) is 9. The Kier molecular flexibility index (Phi) is 8.82. The van der Waals surface area contributed by atoms with Crippen molar-refractivity contribution in [1.29, 1.82) is 0 Å². The maximum Gasteiger partial charge on any atom is 0.316 e. The van der Waals surface area contributed by atoms with Crippen molar-refractivity contribution < 1.29 is 23.5 Å². The van der Waals surface area contributed by atoms with E-state index in [4.69, 9.17) is 19.4 Å². The molecule has 6 rings (SSSR count). The normalized spacial score (nSPS) is 18.7. The van der Waals surface area contributed by atoms with Crippen molar-refractivity contribution in [2.75, 3.05) is 33.4 Å². The Bertz CT molecular complexity index is 1540. The molecule has 0 N–H and O–H groups in total. The number of carbonyl (C=O) groups is 1. The summed E-state index contributed by atoms with van der Waals surface area (Å²) in [4.78, 5) is 32.4. The molecule has 1 saturated carbocycles. The van der Waals surface area contributed by atoms with Crippen LogP contribution in [0.1, 0.15) is 42.2 Å². The van der Waals surface area contributed by atoms with E-state index < -0.39 is 12.1 Å². The van der Waals surface area contributed by atoms with Gasteiger partial charge in [-0.25, -0.2) is 19.6 Å². The molecular weight excluding hydrogens is 551 g/mol. The summed E-state index contributed by atoms with van der Waals surface area (Å²) >= 11 is 0. The zero-order valence-corrected chi connectivity index (χ0v) is 24.4. The van der Waals surface area contributed by atoms with Crippen molar-refractivity contribution in [3.05, 3.63) is 83.8 Å². The molecule has 43 heavy (non-hydrogen) atoms. The molecule has 1 saturated heterocycles. The largest absolute Gasteiger partial charge is 0.463 e. The van der Waals surface area contributed by atoms with Crippen LogP contribution in [0.3, 0.4) is 0 Å². The fourth-order valence-corrected chi connectivity index (χ4v) is 5.42. The Morgan fingerprint density at radius 3 is 2.63 bits per heavy atom. The molecule has 1 aliphatic carbocycles. The summed E-state index contributed by atoms with van der Waals surface area (Å²) < 4.78 is 26.7. The van der Waals surface area contributed by atoms with E-state index in [0.717, 1.165) is 22.5 Å². The van der Waals surface area contributed by atoms with Crippen LogP contribution in [0.4, 0.5) is 4.39 Å². The van der Waals surface area contributed by atoms with Gasteiger partial charge in [-0.1, -0.05) is 18.2 Å². The zero-order valence-electron chi connectivity index (χ0n) is 24.4. The van der Waals surface area contributed by atoms with Crippen LogP contribution in [-0.2, 0) is 20.8 Å². The molecule has 1 aromatic carbocycles. The number of hydroxylamine groups is 2. The van der Waals surface area contributed by atoms with E-state index in [1.165, 1.54) is 25.1 Å². The highest BCUT2D eigenvalue weighted by atomic mass is 19.1. The van der Waals surface area contributed by atoms with Crippen LogP contribution in [0.15, 0.2) is 61.1 Å². The van der Waals surface area contributed by atoms with Crippen molar-refractivity contribution >= 4 is 5.78 Å². The minimum absolute atomic E-state index is 0.0357. The van der Waals surface area contributed by atoms with Gasteiger partial charge in [-0.3, -0.25) is 9.63 Å². The first kappa shape index (κ1) is 29.0. The molecule has 2 aliphatic rings. The van der Waals surface area contributed by atoms with E-state index in [9.17, 15) is 9.18 Å².